The Balaban J connectivity index is 3.84. The van der Waals surface area contributed by atoms with Crippen LogP contribution in [0.1, 0.15) is 0 Å². The van der Waals surface area contributed by atoms with E-state index in [9.17, 15) is 10.7 Å². The van der Waals surface area contributed by atoms with Gasteiger partial charge in [0.2, 0.25) is 0 Å². The van der Waals surface area contributed by atoms with Crippen LogP contribution in [0.4, 0.5) is 0 Å². The Morgan fingerprint density at radius 1 is 1.57 bits per heavy atom. The van der Waals surface area contributed by atoms with Crippen LogP contribution in [-0.4, -0.2) is 3.76 Å². The second kappa shape index (κ2) is 2.73. The number of hydrogen-bond donors (Lipinski definition) is 1. The molecule has 0 rings (SSSR count). The summed E-state index contributed by atoms with van der Waals surface area (Å²) in [6.07, 6.45) is 0. The normalized spacial score (nSPS) is 12.1. The van der Waals surface area contributed by atoms with Gasteiger partial charge >= 0.3 is 48.6 Å². The van der Waals surface area contributed by atoms with Gasteiger partial charge in [-0.05, 0) is 0 Å². The molecule has 0 fully saturated rings. The summed E-state index contributed by atoms with van der Waals surface area (Å²) in [5.41, 5.74) is 0. The summed E-state index contributed by atoms with van der Waals surface area (Å²) in [4.78, 5) is 0. The molecule has 7 heteroatoms. The molecule has 0 aliphatic heterocycles. The van der Waals surface area contributed by atoms with Crippen molar-refractivity contribution in [1.82, 2.24) is 0 Å². The SMILES string of the molecule is [O]=[Co][O][W](=[O])(=[O])[OH]. The summed E-state index contributed by atoms with van der Waals surface area (Å²) < 4.78 is 39.1. The van der Waals surface area contributed by atoms with Crippen molar-refractivity contribution in [1.29, 1.82) is 0 Å². The molecule has 0 aromatic carbocycles. The molecule has 0 spiro atoms. The molecule has 0 atom stereocenters. The molecule has 0 saturated heterocycles. The van der Waals surface area contributed by atoms with Crippen molar-refractivity contribution in [3.63, 3.8) is 0 Å². The molecule has 0 aliphatic rings. The number of rotatable bonds is 2. The Kier molecular flexibility index (Phi) is 2.93. The van der Waals surface area contributed by atoms with Crippen LogP contribution in [0.5, 0.6) is 0 Å². The fourth-order valence-electron chi connectivity index (χ4n) is 0.0287. The van der Waals surface area contributed by atoms with Gasteiger partial charge < -0.3 is 0 Å². The Morgan fingerprint density at radius 3 is 2.00 bits per heavy atom. The first-order valence-corrected chi connectivity index (χ1v) is 6.71. The van der Waals surface area contributed by atoms with Gasteiger partial charge in [-0.25, -0.2) is 0 Å². The third-order valence-corrected chi connectivity index (χ3v) is 3.13. The van der Waals surface area contributed by atoms with E-state index in [1.165, 1.54) is 0 Å². The van der Waals surface area contributed by atoms with E-state index < -0.39 is 31.7 Å². The fraction of sp³-hybridized carbons (Fsp3) is 0. The van der Waals surface area contributed by atoms with Crippen LogP contribution in [0.2, 0.25) is 0 Å². The summed E-state index contributed by atoms with van der Waals surface area (Å²) in [5.74, 6) is 0. The topological polar surface area (TPSA) is 80.7 Å². The van der Waals surface area contributed by atoms with Gasteiger partial charge in [-0.3, -0.25) is 0 Å². The maximum atomic E-state index is 9.48. The molecular formula is HCoO5W. The molecule has 7 heavy (non-hydrogen) atoms. The molecule has 0 saturated carbocycles. The predicted octanol–water partition coefficient (Wildman–Crippen LogP) is -0.987. The van der Waals surface area contributed by atoms with Gasteiger partial charge in [0.05, 0.1) is 0 Å². The first-order chi connectivity index (χ1) is 3.06. The van der Waals surface area contributed by atoms with Crippen molar-refractivity contribution in [3.05, 3.63) is 0 Å². The summed E-state index contributed by atoms with van der Waals surface area (Å²) >= 11 is -6.59. The molecule has 0 aromatic rings. The molecule has 0 radical (unpaired) electrons. The molecule has 0 aromatic heterocycles. The molecule has 0 unspecified atom stereocenters. The fourth-order valence-corrected chi connectivity index (χ4v) is 0.967. The zero-order valence-electron chi connectivity index (χ0n) is 2.82. The molecule has 0 amide bonds. The van der Waals surface area contributed by atoms with Crippen LogP contribution in [0.15, 0.2) is 0 Å². The molecule has 1 N–H and O–H groups in total. The Hall–Kier alpha value is 0.515. The van der Waals surface area contributed by atoms with E-state index >= 15 is 0 Å². The average molecular weight is 324 g/mol. The van der Waals surface area contributed by atoms with Crippen molar-refractivity contribution in [3.8, 4) is 0 Å². The van der Waals surface area contributed by atoms with Crippen LogP contribution < -0.4 is 0 Å². The van der Waals surface area contributed by atoms with Gasteiger partial charge in [0.1, 0.15) is 0 Å². The minimum atomic E-state index is -5.59. The van der Waals surface area contributed by atoms with Gasteiger partial charge in [0.25, 0.3) is 0 Å². The van der Waals surface area contributed by atoms with Gasteiger partial charge in [-0.1, -0.05) is 0 Å². The molecule has 46 valence electrons. The van der Waals surface area contributed by atoms with Crippen LogP contribution in [0.25, 0.3) is 0 Å². The second-order valence-corrected chi connectivity index (χ2v) is 5.61. The van der Waals surface area contributed by atoms with Crippen LogP contribution in [0.3, 0.4) is 0 Å². The summed E-state index contributed by atoms with van der Waals surface area (Å²) in [6.45, 7) is 0. The van der Waals surface area contributed by atoms with E-state index in [4.69, 9.17) is 3.76 Å². The van der Waals surface area contributed by atoms with Crippen molar-refractivity contribution in [2.45, 2.75) is 0 Å². The van der Waals surface area contributed by atoms with Crippen molar-refractivity contribution in [2.24, 2.45) is 0 Å². The van der Waals surface area contributed by atoms with Crippen LogP contribution in [0, 0.1) is 0 Å². The first kappa shape index (κ1) is 7.51. The Bertz CT molecular complexity index is 141. The number of hydrogen-bond acceptors (Lipinski definition) is 4. The zero-order chi connectivity index (χ0) is 5.91. The van der Waals surface area contributed by atoms with E-state index in [1.807, 2.05) is 0 Å². The molecule has 0 heterocycles. The predicted molar refractivity (Wildman–Crippen MR) is 5.36 cm³/mol. The van der Waals surface area contributed by atoms with Gasteiger partial charge in [-0.2, -0.15) is 0 Å². The van der Waals surface area contributed by atoms with E-state index in [0.29, 0.717) is 0 Å². The Labute approximate surface area is 48.9 Å². The molecule has 0 bridgehead atoms. The first-order valence-electron chi connectivity index (χ1n) is 0.955. The third kappa shape index (κ3) is 6.51. The van der Waals surface area contributed by atoms with E-state index in [-0.39, 0.29) is 0 Å². The quantitative estimate of drug-likeness (QED) is 0.706. The minimum absolute atomic E-state index is 0.999. The van der Waals surface area contributed by atoms with Gasteiger partial charge in [0, 0.05) is 0 Å². The maximum absolute atomic E-state index is 9.48. The molecule has 5 nitrogen and oxygen atoms in total. The zero-order valence-corrected chi connectivity index (χ0v) is 6.80. The van der Waals surface area contributed by atoms with Crippen LogP contribution >= 0.6 is 0 Å². The monoisotopic (exact) mass is 324 g/mol. The third-order valence-electron chi connectivity index (χ3n) is 0.0929. The second-order valence-electron chi connectivity index (χ2n) is 0.539. The Morgan fingerprint density at radius 2 is 2.00 bits per heavy atom. The standard InChI is InChI=1S/Co.H2O.4O.W/h;1H2;;;;;/q;;;;;;+1/p-1. The summed E-state index contributed by atoms with van der Waals surface area (Å²) in [7, 11) is 0. The summed E-state index contributed by atoms with van der Waals surface area (Å²) in [6, 6.07) is 0. The van der Waals surface area contributed by atoms with Crippen molar-refractivity contribution < 1.29 is 48.6 Å². The van der Waals surface area contributed by atoms with Crippen molar-refractivity contribution >= 4 is 0 Å². The molecular weight excluding hydrogens is 323 g/mol. The van der Waals surface area contributed by atoms with Crippen LogP contribution in [-0.2, 0) is 44.9 Å². The van der Waals surface area contributed by atoms with E-state index in [2.05, 4.69) is 2.50 Å². The van der Waals surface area contributed by atoms with E-state index in [1.54, 1.807) is 0 Å². The van der Waals surface area contributed by atoms with E-state index in [0.717, 1.165) is 0 Å². The van der Waals surface area contributed by atoms with Crippen molar-refractivity contribution in [2.75, 3.05) is 0 Å². The molecule has 0 aliphatic carbocycles. The van der Waals surface area contributed by atoms with Gasteiger partial charge in [-0.15, -0.1) is 0 Å². The average Bonchev–Trinajstić information content (AvgIpc) is 1.30. The summed E-state index contributed by atoms with van der Waals surface area (Å²) in [5, 5.41) is 0. The van der Waals surface area contributed by atoms with Gasteiger partial charge in [0.15, 0.2) is 0 Å².